The van der Waals surface area contributed by atoms with Crippen LogP contribution in [0.4, 0.5) is 0 Å². The number of rotatable bonds is 8. The summed E-state index contributed by atoms with van der Waals surface area (Å²) in [7, 11) is -3.87. The van der Waals surface area contributed by atoms with Crippen LogP contribution in [0.15, 0.2) is 53.4 Å². The maximum atomic E-state index is 12.6. The Morgan fingerprint density at radius 3 is 1.96 bits per heavy atom. The molecule has 0 aromatic heterocycles. The van der Waals surface area contributed by atoms with Crippen molar-refractivity contribution in [1.82, 2.24) is 0 Å². The van der Waals surface area contributed by atoms with Crippen molar-refractivity contribution < 1.29 is 18.3 Å². The quantitative estimate of drug-likeness (QED) is 0.724. The Morgan fingerprint density at radius 2 is 1.44 bits per heavy atom. The SMILES string of the molecule is Cc1ccc(CCCCC(C(=O)O)S(=O)(=O)c2ccc(C)cc2)cc1. The molecule has 0 aliphatic heterocycles. The van der Waals surface area contributed by atoms with Crippen molar-refractivity contribution in [3.05, 3.63) is 65.2 Å². The van der Waals surface area contributed by atoms with Gasteiger partial charge in [0.1, 0.15) is 0 Å². The fraction of sp³-hybridized carbons (Fsp3) is 0.350. The Kier molecular flexibility index (Phi) is 6.37. The van der Waals surface area contributed by atoms with Crippen molar-refractivity contribution >= 4 is 15.8 Å². The maximum absolute atomic E-state index is 12.6. The average Bonchev–Trinajstić information content (AvgIpc) is 2.56. The van der Waals surface area contributed by atoms with Crippen LogP contribution in [0.25, 0.3) is 0 Å². The zero-order valence-corrected chi connectivity index (χ0v) is 15.4. The zero-order valence-electron chi connectivity index (χ0n) is 14.6. The molecule has 0 bridgehead atoms. The minimum Gasteiger partial charge on any atom is -0.480 e. The highest BCUT2D eigenvalue weighted by Crippen LogP contribution is 2.21. The van der Waals surface area contributed by atoms with Gasteiger partial charge in [0.05, 0.1) is 4.90 Å². The lowest BCUT2D eigenvalue weighted by Crippen LogP contribution is -2.30. The van der Waals surface area contributed by atoms with E-state index in [0.29, 0.717) is 6.42 Å². The molecule has 1 N–H and O–H groups in total. The zero-order chi connectivity index (χ0) is 18.4. The summed E-state index contributed by atoms with van der Waals surface area (Å²) in [6.45, 7) is 3.88. The molecule has 134 valence electrons. The summed E-state index contributed by atoms with van der Waals surface area (Å²) in [6.07, 6.45) is 2.25. The fourth-order valence-electron chi connectivity index (χ4n) is 2.72. The fourth-order valence-corrected chi connectivity index (χ4v) is 4.30. The van der Waals surface area contributed by atoms with E-state index >= 15 is 0 Å². The number of sulfone groups is 1. The van der Waals surface area contributed by atoms with Gasteiger partial charge in [0.25, 0.3) is 0 Å². The summed E-state index contributed by atoms with van der Waals surface area (Å²) in [5.74, 6) is -1.28. The van der Waals surface area contributed by atoms with Crippen LogP contribution >= 0.6 is 0 Å². The number of aliphatic carboxylic acids is 1. The van der Waals surface area contributed by atoms with Crippen molar-refractivity contribution in [1.29, 1.82) is 0 Å². The van der Waals surface area contributed by atoms with E-state index in [1.54, 1.807) is 12.1 Å². The molecule has 0 radical (unpaired) electrons. The van der Waals surface area contributed by atoms with E-state index in [0.717, 1.165) is 18.4 Å². The number of hydrogen-bond acceptors (Lipinski definition) is 3. The minimum atomic E-state index is -3.87. The Balaban J connectivity index is 1.99. The smallest absolute Gasteiger partial charge is 0.322 e. The van der Waals surface area contributed by atoms with E-state index in [4.69, 9.17) is 0 Å². The van der Waals surface area contributed by atoms with Crippen LogP contribution in [0.1, 0.15) is 36.0 Å². The molecule has 0 heterocycles. The molecular formula is C20H24O4S. The van der Waals surface area contributed by atoms with Crippen molar-refractivity contribution in [3.8, 4) is 0 Å². The molecule has 0 saturated heterocycles. The third-order valence-corrected chi connectivity index (χ3v) is 6.42. The predicted octanol–water partition coefficient (Wildman–Crippen LogP) is 3.94. The van der Waals surface area contributed by atoms with Crippen molar-refractivity contribution in [2.45, 2.75) is 49.7 Å². The first-order valence-corrected chi connectivity index (χ1v) is 9.94. The summed E-state index contributed by atoms with van der Waals surface area (Å²) in [4.78, 5) is 11.6. The number of carboxylic acids is 1. The lowest BCUT2D eigenvalue weighted by Gasteiger charge is -2.14. The molecule has 5 heteroatoms. The standard InChI is InChI=1S/C20H24O4S/c1-15-7-11-17(12-8-15)5-3-4-6-19(20(21)22)25(23,24)18-13-9-16(2)10-14-18/h7-14,19H,3-6H2,1-2H3,(H,21,22). The van der Waals surface area contributed by atoms with E-state index in [9.17, 15) is 18.3 Å². The van der Waals surface area contributed by atoms with Gasteiger partial charge in [0.15, 0.2) is 15.1 Å². The Hall–Kier alpha value is -2.14. The van der Waals surface area contributed by atoms with Crippen LogP contribution < -0.4 is 0 Å². The third kappa shape index (κ3) is 5.16. The second-order valence-corrected chi connectivity index (χ2v) is 8.55. The predicted molar refractivity (Wildman–Crippen MR) is 98.5 cm³/mol. The largest absolute Gasteiger partial charge is 0.480 e. The number of benzene rings is 2. The molecule has 0 amide bonds. The Bertz CT molecular complexity index is 806. The van der Waals surface area contributed by atoms with Crippen LogP contribution in [-0.2, 0) is 21.1 Å². The molecule has 2 aromatic carbocycles. The number of aryl methyl sites for hydroxylation is 3. The molecule has 0 aliphatic carbocycles. The van der Waals surface area contributed by atoms with E-state index < -0.39 is 21.1 Å². The Morgan fingerprint density at radius 1 is 0.920 bits per heavy atom. The first-order chi connectivity index (χ1) is 11.8. The number of carboxylic acid groups (broad SMARTS) is 1. The van der Waals surface area contributed by atoms with Crippen LogP contribution in [0, 0.1) is 13.8 Å². The highest BCUT2D eigenvalue weighted by Gasteiger charge is 2.33. The van der Waals surface area contributed by atoms with Gasteiger partial charge >= 0.3 is 5.97 Å². The van der Waals surface area contributed by atoms with Crippen molar-refractivity contribution in [2.75, 3.05) is 0 Å². The molecule has 2 rings (SSSR count). The van der Waals surface area contributed by atoms with Gasteiger partial charge in [0.2, 0.25) is 0 Å². The van der Waals surface area contributed by atoms with Gasteiger partial charge in [-0.1, -0.05) is 53.9 Å². The minimum absolute atomic E-state index is 0.0732. The van der Waals surface area contributed by atoms with Gasteiger partial charge in [0, 0.05) is 0 Å². The second-order valence-electron chi connectivity index (χ2n) is 6.42. The van der Waals surface area contributed by atoms with Crippen molar-refractivity contribution in [3.63, 3.8) is 0 Å². The second kappa shape index (κ2) is 8.30. The summed E-state index contributed by atoms with van der Waals surface area (Å²) >= 11 is 0. The van der Waals surface area contributed by atoms with Gasteiger partial charge in [-0.2, -0.15) is 0 Å². The molecule has 4 nitrogen and oxygen atoms in total. The van der Waals surface area contributed by atoms with E-state index in [1.165, 1.54) is 23.3 Å². The van der Waals surface area contributed by atoms with Gasteiger partial charge in [-0.15, -0.1) is 0 Å². The van der Waals surface area contributed by atoms with Gasteiger partial charge in [-0.3, -0.25) is 4.79 Å². The first-order valence-electron chi connectivity index (χ1n) is 8.39. The monoisotopic (exact) mass is 360 g/mol. The van der Waals surface area contributed by atoms with Crippen molar-refractivity contribution in [2.24, 2.45) is 0 Å². The molecule has 0 fully saturated rings. The molecule has 0 aliphatic rings. The highest BCUT2D eigenvalue weighted by atomic mass is 32.2. The van der Waals surface area contributed by atoms with Gasteiger partial charge < -0.3 is 5.11 Å². The van der Waals surface area contributed by atoms with Crippen LogP contribution in [-0.4, -0.2) is 24.7 Å². The molecule has 1 unspecified atom stereocenters. The maximum Gasteiger partial charge on any atom is 0.322 e. The average molecular weight is 360 g/mol. The normalized spacial score (nSPS) is 12.7. The lowest BCUT2D eigenvalue weighted by molar-refractivity contribution is -0.136. The number of carbonyl (C=O) groups is 1. The topological polar surface area (TPSA) is 71.4 Å². The molecule has 0 saturated carbocycles. The molecular weight excluding hydrogens is 336 g/mol. The van der Waals surface area contributed by atoms with Gasteiger partial charge in [-0.05, 0) is 50.8 Å². The first kappa shape index (κ1) is 19.2. The van der Waals surface area contributed by atoms with E-state index in [-0.39, 0.29) is 11.3 Å². The van der Waals surface area contributed by atoms with Crippen LogP contribution in [0.5, 0.6) is 0 Å². The van der Waals surface area contributed by atoms with E-state index in [1.807, 2.05) is 38.1 Å². The lowest BCUT2D eigenvalue weighted by atomic mass is 10.0. The molecule has 25 heavy (non-hydrogen) atoms. The van der Waals surface area contributed by atoms with E-state index in [2.05, 4.69) is 0 Å². The summed E-state index contributed by atoms with van der Waals surface area (Å²) in [5.41, 5.74) is 3.31. The summed E-state index contributed by atoms with van der Waals surface area (Å²) < 4.78 is 25.2. The Labute approximate surface area is 149 Å². The van der Waals surface area contributed by atoms with Gasteiger partial charge in [-0.25, -0.2) is 8.42 Å². The summed E-state index contributed by atoms with van der Waals surface area (Å²) in [6, 6.07) is 14.5. The number of unbranched alkanes of at least 4 members (excludes halogenated alkanes) is 1. The molecule has 1 atom stereocenters. The molecule has 2 aromatic rings. The van der Waals surface area contributed by atoms with Crippen LogP contribution in [0.3, 0.4) is 0 Å². The highest BCUT2D eigenvalue weighted by molar-refractivity contribution is 7.92. The summed E-state index contributed by atoms with van der Waals surface area (Å²) in [5, 5.41) is 8.00. The number of hydrogen-bond donors (Lipinski definition) is 1. The molecule has 0 spiro atoms. The third-order valence-electron chi connectivity index (χ3n) is 4.30. The van der Waals surface area contributed by atoms with Crippen LogP contribution in [0.2, 0.25) is 0 Å².